The number of carbonyl (C=O) groups excluding carboxylic acids is 1. The third-order valence-corrected chi connectivity index (χ3v) is 6.53. The van der Waals surface area contributed by atoms with E-state index in [0.29, 0.717) is 6.04 Å². The van der Waals surface area contributed by atoms with Crippen LogP contribution in [0, 0.1) is 0 Å². The van der Waals surface area contributed by atoms with Gasteiger partial charge in [0, 0.05) is 42.8 Å². The summed E-state index contributed by atoms with van der Waals surface area (Å²) in [4.78, 5) is 18.4. The van der Waals surface area contributed by atoms with Crippen molar-refractivity contribution in [3.8, 4) is 0 Å². The minimum Gasteiger partial charge on any atom is -0.321 e. The van der Waals surface area contributed by atoms with Crippen LogP contribution in [0.2, 0.25) is 0 Å². The maximum atomic E-state index is 12.5. The molecule has 4 nitrogen and oxygen atoms in total. The van der Waals surface area contributed by atoms with Crippen LogP contribution >= 0.6 is 11.3 Å². The predicted octanol–water partition coefficient (Wildman–Crippen LogP) is 4.32. The summed E-state index contributed by atoms with van der Waals surface area (Å²) in [6.45, 7) is 10.4. The number of amides is 2. The van der Waals surface area contributed by atoms with E-state index >= 15 is 0 Å². The van der Waals surface area contributed by atoms with E-state index < -0.39 is 0 Å². The average molecular weight is 370 g/mol. The van der Waals surface area contributed by atoms with Gasteiger partial charge in [-0.1, -0.05) is 32.9 Å². The van der Waals surface area contributed by atoms with E-state index in [1.807, 2.05) is 28.4 Å². The molecule has 1 saturated heterocycles. The van der Waals surface area contributed by atoms with Crippen LogP contribution in [-0.2, 0) is 18.4 Å². The molecular weight excluding hydrogens is 342 g/mol. The highest BCUT2D eigenvalue weighted by atomic mass is 32.1. The normalized spacial score (nSPS) is 18.3. The molecule has 0 saturated carbocycles. The zero-order valence-electron chi connectivity index (χ0n) is 15.8. The molecule has 3 heterocycles. The molecule has 1 N–H and O–H groups in total. The minimum absolute atomic E-state index is 0.0120. The Bertz CT molecular complexity index is 784. The van der Waals surface area contributed by atoms with Crippen LogP contribution in [0.4, 0.5) is 10.5 Å². The molecule has 2 aromatic rings. The lowest BCUT2D eigenvalue weighted by Crippen LogP contribution is -2.62. The Hall–Kier alpha value is -1.85. The van der Waals surface area contributed by atoms with Gasteiger partial charge in [-0.05, 0) is 46.5 Å². The van der Waals surface area contributed by atoms with Crippen molar-refractivity contribution in [2.45, 2.75) is 45.2 Å². The van der Waals surface area contributed by atoms with E-state index in [9.17, 15) is 4.79 Å². The van der Waals surface area contributed by atoms with Crippen LogP contribution in [0.15, 0.2) is 35.7 Å². The SMILES string of the molecule is CC(C)(C)c1ccc(NC(=O)N2CC(N3CCc4sccc4C3)C2)cc1. The van der Waals surface area contributed by atoms with E-state index in [2.05, 4.69) is 54.6 Å². The van der Waals surface area contributed by atoms with Crippen molar-refractivity contribution in [3.05, 3.63) is 51.7 Å². The average Bonchev–Trinajstić information content (AvgIpc) is 3.01. The number of carbonyl (C=O) groups is 1. The van der Waals surface area contributed by atoms with Gasteiger partial charge in [-0.15, -0.1) is 11.3 Å². The smallest absolute Gasteiger partial charge is 0.321 e. The first-order chi connectivity index (χ1) is 12.4. The van der Waals surface area contributed by atoms with Gasteiger partial charge in [0.05, 0.1) is 0 Å². The van der Waals surface area contributed by atoms with Crippen molar-refractivity contribution in [1.82, 2.24) is 9.80 Å². The number of rotatable bonds is 2. The summed E-state index contributed by atoms with van der Waals surface area (Å²) in [6.07, 6.45) is 1.15. The van der Waals surface area contributed by atoms with E-state index in [0.717, 1.165) is 38.3 Å². The zero-order valence-corrected chi connectivity index (χ0v) is 16.6. The first kappa shape index (κ1) is 17.6. The standard InChI is InChI=1S/C21H27N3OS/c1-21(2,3)16-4-6-17(7-5-16)22-20(25)24-13-18(14-24)23-10-8-19-15(12-23)9-11-26-19/h4-7,9,11,18H,8,10,12-14H2,1-3H3,(H,22,25). The van der Waals surface area contributed by atoms with Crippen molar-refractivity contribution >= 4 is 23.1 Å². The second kappa shape index (κ2) is 6.71. The molecule has 0 bridgehead atoms. The summed E-state index contributed by atoms with van der Waals surface area (Å²) in [7, 11) is 0. The fraction of sp³-hybridized carbons (Fsp3) is 0.476. The van der Waals surface area contributed by atoms with Gasteiger partial charge in [0.1, 0.15) is 0 Å². The third kappa shape index (κ3) is 3.51. The maximum Gasteiger partial charge on any atom is 0.321 e. The molecule has 0 atom stereocenters. The molecule has 1 fully saturated rings. The van der Waals surface area contributed by atoms with Crippen LogP contribution < -0.4 is 5.32 Å². The molecule has 5 heteroatoms. The van der Waals surface area contributed by atoms with Crippen molar-refractivity contribution in [2.75, 3.05) is 25.0 Å². The van der Waals surface area contributed by atoms with E-state index in [1.165, 1.54) is 16.0 Å². The van der Waals surface area contributed by atoms with Gasteiger partial charge in [-0.2, -0.15) is 0 Å². The second-order valence-electron chi connectivity index (χ2n) is 8.41. The minimum atomic E-state index is 0.0120. The second-order valence-corrected chi connectivity index (χ2v) is 9.41. The fourth-order valence-corrected chi connectivity index (χ4v) is 4.58. The number of hydrogen-bond acceptors (Lipinski definition) is 3. The molecule has 0 spiro atoms. The van der Waals surface area contributed by atoms with Crippen LogP contribution in [0.1, 0.15) is 36.8 Å². The molecule has 1 aromatic heterocycles. The number of benzene rings is 1. The van der Waals surface area contributed by atoms with Crippen LogP contribution in [0.5, 0.6) is 0 Å². The van der Waals surface area contributed by atoms with Gasteiger partial charge in [0.2, 0.25) is 0 Å². The molecule has 0 unspecified atom stereocenters. The van der Waals surface area contributed by atoms with Crippen molar-refractivity contribution in [1.29, 1.82) is 0 Å². The monoisotopic (exact) mass is 369 g/mol. The number of likely N-dealkylation sites (tertiary alicyclic amines) is 1. The van der Waals surface area contributed by atoms with E-state index in [1.54, 1.807) is 0 Å². The Kier molecular flexibility index (Phi) is 4.53. The summed E-state index contributed by atoms with van der Waals surface area (Å²) in [5.41, 5.74) is 3.75. The lowest BCUT2D eigenvalue weighted by molar-refractivity contribution is 0.0533. The Morgan fingerprint density at radius 3 is 2.58 bits per heavy atom. The molecule has 0 radical (unpaired) electrons. The van der Waals surface area contributed by atoms with Gasteiger partial charge in [0.25, 0.3) is 0 Å². The number of nitrogens with one attached hydrogen (secondary N) is 1. The summed E-state index contributed by atoms with van der Waals surface area (Å²) in [6, 6.07) is 10.9. The molecule has 2 amide bonds. The highest BCUT2D eigenvalue weighted by Crippen LogP contribution is 2.28. The quantitative estimate of drug-likeness (QED) is 0.856. The number of thiophene rings is 1. The first-order valence-electron chi connectivity index (χ1n) is 9.36. The van der Waals surface area contributed by atoms with Gasteiger partial charge in [0.15, 0.2) is 0 Å². The largest absolute Gasteiger partial charge is 0.321 e. The highest BCUT2D eigenvalue weighted by molar-refractivity contribution is 7.10. The van der Waals surface area contributed by atoms with Crippen LogP contribution in [0.25, 0.3) is 0 Å². The van der Waals surface area contributed by atoms with Crippen molar-refractivity contribution < 1.29 is 4.79 Å². The van der Waals surface area contributed by atoms with Crippen molar-refractivity contribution in [3.63, 3.8) is 0 Å². The zero-order chi connectivity index (χ0) is 18.3. The van der Waals surface area contributed by atoms with Crippen LogP contribution in [0.3, 0.4) is 0 Å². The summed E-state index contributed by atoms with van der Waals surface area (Å²) < 4.78 is 0. The molecule has 4 rings (SSSR count). The van der Waals surface area contributed by atoms with Gasteiger partial charge in [-0.25, -0.2) is 4.79 Å². The lowest BCUT2D eigenvalue weighted by Gasteiger charge is -2.46. The topological polar surface area (TPSA) is 35.6 Å². The summed E-state index contributed by atoms with van der Waals surface area (Å²) >= 11 is 1.87. The summed E-state index contributed by atoms with van der Waals surface area (Å²) in [5, 5.41) is 5.22. The summed E-state index contributed by atoms with van der Waals surface area (Å²) in [5.74, 6) is 0. The van der Waals surface area contributed by atoms with Crippen molar-refractivity contribution in [2.24, 2.45) is 0 Å². The van der Waals surface area contributed by atoms with E-state index in [-0.39, 0.29) is 11.4 Å². The molecule has 26 heavy (non-hydrogen) atoms. The molecule has 0 aliphatic carbocycles. The third-order valence-electron chi connectivity index (χ3n) is 5.51. The first-order valence-corrected chi connectivity index (χ1v) is 10.2. The molecular formula is C21H27N3OS. The molecule has 1 aromatic carbocycles. The number of fused-ring (bicyclic) bond motifs is 1. The number of urea groups is 1. The van der Waals surface area contributed by atoms with E-state index in [4.69, 9.17) is 0 Å². The van der Waals surface area contributed by atoms with Gasteiger partial charge >= 0.3 is 6.03 Å². The Morgan fingerprint density at radius 2 is 1.88 bits per heavy atom. The molecule has 138 valence electrons. The van der Waals surface area contributed by atoms with Gasteiger partial charge in [-0.3, -0.25) is 4.90 Å². The molecule has 2 aliphatic heterocycles. The van der Waals surface area contributed by atoms with Gasteiger partial charge < -0.3 is 10.2 Å². The Labute approximate surface area is 159 Å². The number of anilines is 1. The fourth-order valence-electron chi connectivity index (χ4n) is 3.69. The predicted molar refractivity (Wildman–Crippen MR) is 108 cm³/mol. The highest BCUT2D eigenvalue weighted by Gasteiger charge is 2.36. The lowest BCUT2D eigenvalue weighted by atomic mass is 9.87. The number of nitrogens with zero attached hydrogens (tertiary/aromatic N) is 2. The Morgan fingerprint density at radius 1 is 1.15 bits per heavy atom. The van der Waals surface area contributed by atoms with Crippen LogP contribution in [-0.4, -0.2) is 41.5 Å². The number of hydrogen-bond donors (Lipinski definition) is 1. The Balaban J connectivity index is 1.28. The maximum absolute atomic E-state index is 12.5. The molecule has 2 aliphatic rings.